The summed E-state index contributed by atoms with van der Waals surface area (Å²) in [6, 6.07) is 0.776. The number of guanidine groups is 1. The maximum Gasteiger partial charge on any atom is 0.409 e. The lowest BCUT2D eigenvalue weighted by atomic mass is 9.55. The fourth-order valence-electron chi connectivity index (χ4n) is 5.13. The Bertz CT molecular complexity index is 525. The van der Waals surface area contributed by atoms with Crippen molar-refractivity contribution in [3.05, 3.63) is 0 Å². The molecule has 2 N–H and O–H groups in total. The molecule has 1 aliphatic heterocycles. The van der Waals surface area contributed by atoms with Crippen LogP contribution in [0.3, 0.4) is 0 Å². The van der Waals surface area contributed by atoms with E-state index in [0.29, 0.717) is 18.2 Å². The molecule has 2 aliphatic carbocycles. The molecule has 3 fully saturated rings. The van der Waals surface area contributed by atoms with Gasteiger partial charge in [-0.15, -0.1) is 0 Å². The van der Waals surface area contributed by atoms with Gasteiger partial charge < -0.3 is 25.0 Å². The molecule has 0 bridgehead atoms. The third-order valence-electron chi connectivity index (χ3n) is 6.74. The number of hydrogen-bond acceptors (Lipinski definition) is 4. The highest BCUT2D eigenvalue weighted by Gasteiger charge is 2.55. The Morgan fingerprint density at radius 2 is 1.89 bits per heavy atom. The van der Waals surface area contributed by atoms with Crippen LogP contribution in [0.5, 0.6) is 0 Å². The summed E-state index contributed by atoms with van der Waals surface area (Å²) in [5.74, 6) is 0.886. The minimum Gasteiger partial charge on any atom is -0.453 e. The van der Waals surface area contributed by atoms with Gasteiger partial charge in [0.15, 0.2) is 5.96 Å². The van der Waals surface area contributed by atoms with Gasteiger partial charge in [-0.05, 0) is 39.0 Å². The molecule has 1 saturated heterocycles. The van der Waals surface area contributed by atoms with Crippen LogP contribution in [0.2, 0.25) is 0 Å². The van der Waals surface area contributed by atoms with Crippen molar-refractivity contribution in [2.24, 2.45) is 10.4 Å². The number of aliphatic imine (C=N–C) groups is 1. The van der Waals surface area contributed by atoms with Gasteiger partial charge >= 0.3 is 6.09 Å². The van der Waals surface area contributed by atoms with E-state index in [1.54, 1.807) is 4.90 Å². The zero-order valence-electron chi connectivity index (χ0n) is 17.1. The quantitative estimate of drug-likeness (QED) is 0.579. The van der Waals surface area contributed by atoms with Crippen LogP contribution in [-0.4, -0.2) is 69.0 Å². The van der Waals surface area contributed by atoms with Crippen LogP contribution in [0, 0.1) is 5.41 Å². The molecule has 7 nitrogen and oxygen atoms in total. The summed E-state index contributed by atoms with van der Waals surface area (Å²) >= 11 is 0. The molecule has 27 heavy (non-hydrogen) atoms. The van der Waals surface area contributed by atoms with E-state index in [1.165, 1.54) is 39.2 Å². The van der Waals surface area contributed by atoms with Crippen molar-refractivity contribution in [2.45, 2.75) is 76.5 Å². The predicted octanol–water partition coefficient (Wildman–Crippen LogP) is 2.51. The van der Waals surface area contributed by atoms with Crippen LogP contribution in [-0.2, 0) is 9.47 Å². The van der Waals surface area contributed by atoms with Crippen molar-refractivity contribution in [3.8, 4) is 0 Å². The molecule has 3 rings (SSSR count). The second kappa shape index (κ2) is 9.13. The molecule has 0 aromatic heterocycles. The van der Waals surface area contributed by atoms with Gasteiger partial charge in [-0.3, -0.25) is 4.99 Å². The van der Waals surface area contributed by atoms with Gasteiger partial charge in [0, 0.05) is 44.2 Å². The molecule has 2 saturated carbocycles. The second-order valence-corrected chi connectivity index (χ2v) is 8.12. The molecule has 1 heterocycles. The van der Waals surface area contributed by atoms with Crippen molar-refractivity contribution in [1.29, 1.82) is 0 Å². The molecule has 0 aromatic carbocycles. The molecule has 3 aliphatic rings. The molecule has 0 aromatic rings. The van der Waals surface area contributed by atoms with Crippen molar-refractivity contribution in [3.63, 3.8) is 0 Å². The van der Waals surface area contributed by atoms with Crippen molar-refractivity contribution in [1.82, 2.24) is 15.5 Å². The van der Waals surface area contributed by atoms with Gasteiger partial charge in [0.2, 0.25) is 0 Å². The Morgan fingerprint density at radius 1 is 1.19 bits per heavy atom. The van der Waals surface area contributed by atoms with Crippen molar-refractivity contribution >= 4 is 12.1 Å². The molecular formula is C20H36N4O3. The first-order valence-corrected chi connectivity index (χ1v) is 10.6. The first kappa shape index (κ1) is 20.2. The summed E-state index contributed by atoms with van der Waals surface area (Å²) in [5.41, 5.74) is 0.278. The van der Waals surface area contributed by atoms with Gasteiger partial charge in [-0.25, -0.2) is 4.79 Å². The predicted molar refractivity (Wildman–Crippen MR) is 106 cm³/mol. The highest BCUT2D eigenvalue weighted by atomic mass is 16.5. The summed E-state index contributed by atoms with van der Waals surface area (Å²) in [7, 11) is 3.28. The molecule has 7 heteroatoms. The average molecular weight is 381 g/mol. The number of ether oxygens (including phenoxy) is 2. The van der Waals surface area contributed by atoms with E-state index in [4.69, 9.17) is 9.47 Å². The normalized spacial score (nSPS) is 28.6. The molecular weight excluding hydrogens is 344 g/mol. The number of methoxy groups -OCH3 is 1. The smallest absolute Gasteiger partial charge is 0.409 e. The summed E-state index contributed by atoms with van der Waals surface area (Å²) < 4.78 is 10.9. The van der Waals surface area contributed by atoms with Crippen LogP contribution >= 0.6 is 0 Å². The number of nitrogens with one attached hydrogen (secondary N) is 2. The first-order chi connectivity index (χ1) is 13.1. The average Bonchev–Trinajstić information content (AvgIpc) is 2.72. The number of piperidine rings is 1. The Hall–Kier alpha value is -1.50. The highest BCUT2D eigenvalue weighted by Crippen LogP contribution is 2.53. The minimum atomic E-state index is -0.230. The first-order valence-electron chi connectivity index (χ1n) is 10.6. The second-order valence-electron chi connectivity index (χ2n) is 8.12. The van der Waals surface area contributed by atoms with Crippen LogP contribution in [0.4, 0.5) is 4.79 Å². The Balaban J connectivity index is 1.52. The van der Waals surface area contributed by atoms with E-state index in [0.717, 1.165) is 44.9 Å². The monoisotopic (exact) mass is 380 g/mol. The SMILES string of the molecule is CCOC1CC(NC(=NC)NC2CCN(C(=O)OC)CC2)C12CCCCC2. The largest absolute Gasteiger partial charge is 0.453 e. The fraction of sp³-hybridized carbons (Fsp3) is 0.900. The van der Waals surface area contributed by atoms with Gasteiger partial charge in [0.1, 0.15) is 0 Å². The zero-order valence-corrected chi connectivity index (χ0v) is 17.1. The number of hydrogen-bond donors (Lipinski definition) is 2. The summed E-state index contributed by atoms with van der Waals surface area (Å²) in [6.07, 6.45) is 9.51. The topological polar surface area (TPSA) is 75.2 Å². The van der Waals surface area contributed by atoms with Crippen molar-refractivity contribution in [2.75, 3.05) is 33.9 Å². The Morgan fingerprint density at radius 3 is 2.48 bits per heavy atom. The Labute approximate surface area is 163 Å². The summed E-state index contributed by atoms with van der Waals surface area (Å²) in [6.45, 7) is 4.34. The van der Waals surface area contributed by atoms with Gasteiger partial charge in [-0.2, -0.15) is 0 Å². The van der Waals surface area contributed by atoms with E-state index in [-0.39, 0.29) is 11.5 Å². The number of rotatable bonds is 4. The van der Waals surface area contributed by atoms with E-state index in [9.17, 15) is 4.79 Å². The lowest BCUT2D eigenvalue weighted by Crippen LogP contribution is -2.67. The Kier molecular flexibility index (Phi) is 6.84. The molecule has 154 valence electrons. The molecule has 2 unspecified atom stereocenters. The third-order valence-corrected chi connectivity index (χ3v) is 6.74. The minimum absolute atomic E-state index is 0.230. The van der Waals surface area contributed by atoms with E-state index >= 15 is 0 Å². The van der Waals surface area contributed by atoms with Gasteiger partial charge in [-0.1, -0.05) is 19.3 Å². The van der Waals surface area contributed by atoms with E-state index in [1.807, 2.05) is 7.05 Å². The van der Waals surface area contributed by atoms with Crippen LogP contribution < -0.4 is 10.6 Å². The maximum absolute atomic E-state index is 11.6. The van der Waals surface area contributed by atoms with Gasteiger partial charge in [0.25, 0.3) is 0 Å². The maximum atomic E-state index is 11.6. The summed E-state index contributed by atoms with van der Waals surface area (Å²) in [4.78, 5) is 17.9. The van der Waals surface area contributed by atoms with E-state index in [2.05, 4.69) is 22.5 Å². The lowest BCUT2D eigenvalue weighted by molar-refractivity contribution is -0.145. The summed E-state index contributed by atoms with van der Waals surface area (Å²) in [5, 5.41) is 7.27. The van der Waals surface area contributed by atoms with Crippen LogP contribution in [0.25, 0.3) is 0 Å². The fourth-order valence-corrected chi connectivity index (χ4v) is 5.13. The van der Waals surface area contributed by atoms with Crippen LogP contribution in [0.1, 0.15) is 58.3 Å². The van der Waals surface area contributed by atoms with Crippen LogP contribution in [0.15, 0.2) is 4.99 Å². The molecule has 1 amide bonds. The molecule has 2 atom stereocenters. The molecule has 0 radical (unpaired) electrons. The van der Waals surface area contributed by atoms with E-state index < -0.39 is 0 Å². The number of carbonyl (C=O) groups excluding carboxylic acids is 1. The third kappa shape index (κ3) is 4.33. The number of carbonyl (C=O) groups is 1. The zero-order chi connectivity index (χ0) is 19.3. The number of likely N-dealkylation sites (tertiary alicyclic amines) is 1. The lowest BCUT2D eigenvalue weighted by Gasteiger charge is -2.58. The molecule has 1 spiro atoms. The number of amides is 1. The highest BCUT2D eigenvalue weighted by molar-refractivity contribution is 5.80. The van der Waals surface area contributed by atoms with Gasteiger partial charge in [0.05, 0.1) is 13.2 Å². The standard InChI is InChI=1S/C20H36N4O3/c1-4-27-17-14-16(20(17)10-6-5-7-11-20)23-18(21-2)22-15-8-12-24(13-9-15)19(25)26-3/h15-17H,4-14H2,1-3H3,(H2,21,22,23). The van der Waals surface area contributed by atoms with Crippen molar-refractivity contribution < 1.29 is 14.3 Å². The number of nitrogens with zero attached hydrogens (tertiary/aromatic N) is 2.